The number of nitrogens with one attached hydrogen (secondary N) is 1. The molecule has 3 N–H and O–H groups in total. The monoisotopic (exact) mass is 416 g/mol. The van der Waals surface area contributed by atoms with E-state index in [2.05, 4.69) is 5.32 Å². The van der Waals surface area contributed by atoms with Gasteiger partial charge in [0.1, 0.15) is 0 Å². The summed E-state index contributed by atoms with van der Waals surface area (Å²) >= 11 is 6.03. The van der Waals surface area contributed by atoms with Crippen molar-refractivity contribution in [3.63, 3.8) is 0 Å². The van der Waals surface area contributed by atoms with Crippen LogP contribution in [0.2, 0.25) is 5.02 Å². The van der Waals surface area contributed by atoms with Crippen LogP contribution >= 0.6 is 11.6 Å². The lowest BCUT2D eigenvalue weighted by Crippen LogP contribution is -2.39. The van der Waals surface area contributed by atoms with Gasteiger partial charge in [-0.25, -0.2) is 0 Å². The van der Waals surface area contributed by atoms with Crippen molar-refractivity contribution in [2.24, 2.45) is 5.73 Å². The van der Waals surface area contributed by atoms with E-state index in [0.717, 1.165) is 25.7 Å². The number of benzene rings is 2. The summed E-state index contributed by atoms with van der Waals surface area (Å²) < 4.78 is 10.6. The first-order chi connectivity index (χ1) is 13.9. The maximum atomic E-state index is 12.8. The average molecular weight is 417 g/mol. The highest BCUT2D eigenvalue weighted by Crippen LogP contribution is 2.41. The highest BCUT2D eigenvalue weighted by atomic mass is 35.5. The molecule has 0 aliphatic heterocycles. The average Bonchev–Trinajstić information content (AvgIpc) is 3.21. The van der Waals surface area contributed by atoms with E-state index in [-0.39, 0.29) is 17.9 Å². The summed E-state index contributed by atoms with van der Waals surface area (Å²) in [5.74, 6) is -0.0496. The topological polar surface area (TPSA) is 90.7 Å². The molecule has 2 aromatic carbocycles. The Morgan fingerprint density at radius 3 is 2.41 bits per heavy atom. The highest BCUT2D eigenvalue weighted by Gasteiger charge is 2.36. The van der Waals surface area contributed by atoms with Crippen molar-refractivity contribution in [2.75, 3.05) is 20.3 Å². The molecule has 0 saturated heterocycles. The minimum absolute atomic E-state index is 0.0745. The first kappa shape index (κ1) is 21.0. The Morgan fingerprint density at radius 1 is 1.10 bits per heavy atom. The fraction of sp³-hybridized carbons (Fsp3) is 0.364. The van der Waals surface area contributed by atoms with Crippen LogP contribution in [-0.2, 0) is 10.2 Å². The molecule has 3 rings (SSSR count). The Bertz CT molecular complexity index is 877. The van der Waals surface area contributed by atoms with E-state index in [1.54, 1.807) is 18.2 Å². The van der Waals surface area contributed by atoms with E-state index in [4.69, 9.17) is 26.8 Å². The zero-order valence-electron chi connectivity index (χ0n) is 16.4. The Kier molecular flexibility index (Phi) is 6.64. The molecule has 0 atom stereocenters. The summed E-state index contributed by atoms with van der Waals surface area (Å²) in [7, 11) is 1.47. The van der Waals surface area contributed by atoms with Crippen molar-refractivity contribution in [3.8, 4) is 11.5 Å². The number of nitrogens with two attached hydrogens (primary N) is 1. The lowest BCUT2D eigenvalue weighted by atomic mass is 9.79. The molecule has 0 radical (unpaired) electrons. The van der Waals surface area contributed by atoms with Crippen LogP contribution in [0.1, 0.15) is 41.6 Å². The minimum atomic E-state index is -0.585. The van der Waals surface area contributed by atoms with Crippen molar-refractivity contribution >= 4 is 23.4 Å². The maximum Gasteiger partial charge on any atom is 0.255 e. The van der Waals surface area contributed by atoms with Gasteiger partial charge < -0.3 is 20.5 Å². The predicted molar refractivity (Wildman–Crippen MR) is 112 cm³/mol. The van der Waals surface area contributed by atoms with E-state index < -0.39 is 5.91 Å². The van der Waals surface area contributed by atoms with Crippen molar-refractivity contribution in [1.29, 1.82) is 0 Å². The van der Waals surface area contributed by atoms with Gasteiger partial charge in [0.2, 0.25) is 0 Å². The molecule has 0 unspecified atom stereocenters. The number of amides is 2. The molecule has 1 aliphatic rings. The van der Waals surface area contributed by atoms with Gasteiger partial charge in [-0.1, -0.05) is 36.6 Å². The second-order valence-corrected chi connectivity index (χ2v) is 7.73. The Hall–Kier alpha value is -2.73. The maximum absolute atomic E-state index is 12.8. The minimum Gasteiger partial charge on any atom is -0.493 e. The molecule has 2 aromatic rings. The molecule has 0 bridgehead atoms. The van der Waals surface area contributed by atoms with Crippen LogP contribution in [0, 0.1) is 0 Å². The number of rotatable bonds is 8. The summed E-state index contributed by atoms with van der Waals surface area (Å²) in [6, 6.07) is 12.7. The van der Waals surface area contributed by atoms with E-state index in [1.807, 2.05) is 24.3 Å². The van der Waals surface area contributed by atoms with Crippen LogP contribution in [0.5, 0.6) is 11.5 Å². The molecule has 0 aromatic heterocycles. The molecular formula is C22H25ClN2O4. The van der Waals surface area contributed by atoms with Crippen LogP contribution in [0.3, 0.4) is 0 Å². The molecule has 1 fully saturated rings. The first-order valence-electron chi connectivity index (χ1n) is 9.57. The van der Waals surface area contributed by atoms with E-state index in [9.17, 15) is 9.59 Å². The first-order valence-corrected chi connectivity index (χ1v) is 9.95. The Morgan fingerprint density at radius 2 is 1.79 bits per heavy atom. The molecule has 6 nitrogen and oxygen atoms in total. The molecule has 7 heteroatoms. The predicted octanol–water partition coefficient (Wildman–Crippen LogP) is 3.45. The Balaban J connectivity index is 1.72. The summed E-state index contributed by atoms with van der Waals surface area (Å²) in [6.45, 7) is 0.293. The number of hydrogen-bond acceptors (Lipinski definition) is 4. The quantitative estimate of drug-likeness (QED) is 0.689. The van der Waals surface area contributed by atoms with Crippen molar-refractivity contribution < 1.29 is 19.1 Å². The number of halogens is 1. The van der Waals surface area contributed by atoms with Gasteiger partial charge in [0.15, 0.2) is 18.1 Å². The van der Waals surface area contributed by atoms with Gasteiger partial charge in [0, 0.05) is 22.5 Å². The van der Waals surface area contributed by atoms with Crippen molar-refractivity contribution in [1.82, 2.24) is 5.32 Å². The number of methoxy groups -OCH3 is 1. The molecule has 1 aliphatic carbocycles. The van der Waals surface area contributed by atoms with Crippen molar-refractivity contribution in [3.05, 3.63) is 58.6 Å². The fourth-order valence-corrected chi connectivity index (χ4v) is 3.98. The molecule has 29 heavy (non-hydrogen) atoms. The lowest BCUT2D eigenvalue weighted by Gasteiger charge is -2.30. The Labute approximate surface area is 175 Å². The van der Waals surface area contributed by atoms with Crippen molar-refractivity contribution in [2.45, 2.75) is 31.1 Å². The molecule has 0 spiro atoms. The van der Waals surface area contributed by atoms with Gasteiger partial charge >= 0.3 is 0 Å². The standard InChI is InChI=1S/C22H25ClN2O4/c1-28-19-12-15(4-9-18(19)29-13-20(24)26)21(27)25-14-22(10-2-3-11-22)16-5-7-17(23)8-6-16/h4-9,12H,2-3,10-11,13-14H2,1H3,(H2,24,26)(H,25,27). The zero-order valence-corrected chi connectivity index (χ0v) is 17.1. The van der Waals surface area contributed by atoms with Gasteiger partial charge in [-0.3, -0.25) is 9.59 Å². The molecule has 154 valence electrons. The summed E-state index contributed by atoms with van der Waals surface area (Å²) in [6.07, 6.45) is 4.33. The third-order valence-corrected chi connectivity index (χ3v) is 5.65. The van der Waals surface area contributed by atoms with E-state index >= 15 is 0 Å². The number of carbonyl (C=O) groups is 2. The molecular weight excluding hydrogens is 392 g/mol. The van der Waals surface area contributed by atoms with Crippen LogP contribution in [0.15, 0.2) is 42.5 Å². The number of carbonyl (C=O) groups excluding carboxylic acids is 2. The van der Waals surface area contributed by atoms with Gasteiger partial charge in [-0.05, 0) is 48.7 Å². The van der Waals surface area contributed by atoms with Gasteiger partial charge in [0.25, 0.3) is 11.8 Å². The third kappa shape index (κ3) is 5.01. The lowest BCUT2D eigenvalue weighted by molar-refractivity contribution is -0.119. The van der Waals surface area contributed by atoms with Gasteiger partial charge in [-0.2, -0.15) is 0 Å². The van der Waals surface area contributed by atoms with E-state index in [1.165, 1.54) is 12.7 Å². The van der Waals surface area contributed by atoms with E-state index in [0.29, 0.717) is 28.6 Å². The SMILES string of the molecule is COc1cc(C(=O)NCC2(c3ccc(Cl)cc3)CCCC2)ccc1OCC(N)=O. The summed E-state index contributed by atoms with van der Waals surface area (Å²) in [5.41, 5.74) is 6.68. The third-order valence-electron chi connectivity index (χ3n) is 5.40. The molecule has 1 saturated carbocycles. The normalized spacial score (nSPS) is 15.0. The molecule has 2 amide bonds. The second kappa shape index (κ2) is 9.18. The fourth-order valence-electron chi connectivity index (χ4n) is 3.85. The van der Waals surface area contributed by atoms with Gasteiger partial charge in [-0.15, -0.1) is 0 Å². The number of primary amides is 1. The van der Waals surface area contributed by atoms with Crippen LogP contribution < -0.4 is 20.5 Å². The second-order valence-electron chi connectivity index (χ2n) is 7.30. The summed E-state index contributed by atoms with van der Waals surface area (Å²) in [4.78, 5) is 23.7. The molecule has 0 heterocycles. The van der Waals surface area contributed by atoms with Gasteiger partial charge in [0.05, 0.1) is 7.11 Å². The smallest absolute Gasteiger partial charge is 0.255 e. The summed E-state index contributed by atoms with van der Waals surface area (Å²) in [5, 5.41) is 3.78. The van der Waals surface area contributed by atoms with Crippen LogP contribution in [0.25, 0.3) is 0 Å². The van der Waals surface area contributed by atoms with Crippen LogP contribution in [-0.4, -0.2) is 32.1 Å². The highest BCUT2D eigenvalue weighted by molar-refractivity contribution is 6.30. The largest absolute Gasteiger partial charge is 0.493 e. The van der Waals surface area contributed by atoms with Crippen LogP contribution in [0.4, 0.5) is 0 Å². The zero-order chi connectivity index (χ0) is 20.9. The number of hydrogen-bond donors (Lipinski definition) is 2. The number of ether oxygens (including phenoxy) is 2.